The number of aromatic nitrogens is 1. The molecule has 4 rings (SSSR count). The summed E-state index contributed by atoms with van der Waals surface area (Å²) in [5.41, 5.74) is 6.54. The van der Waals surface area contributed by atoms with Crippen molar-refractivity contribution in [1.29, 1.82) is 0 Å². The highest BCUT2D eigenvalue weighted by atomic mass is 32.2. The molecule has 0 radical (unpaired) electrons. The maximum absolute atomic E-state index is 12.0. The molecule has 0 amide bonds. The van der Waals surface area contributed by atoms with E-state index in [1.807, 2.05) is 0 Å². The summed E-state index contributed by atoms with van der Waals surface area (Å²) in [6, 6.07) is 2.14. The highest BCUT2D eigenvalue weighted by Crippen LogP contribution is 2.48. The van der Waals surface area contributed by atoms with Crippen LogP contribution in [0.3, 0.4) is 0 Å². The zero-order valence-electron chi connectivity index (χ0n) is 21.4. The van der Waals surface area contributed by atoms with Crippen molar-refractivity contribution in [3.63, 3.8) is 0 Å². The molecule has 0 aromatic carbocycles. The number of nitrogens with zero attached hydrogens (tertiary/aromatic N) is 1. The summed E-state index contributed by atoms with van der Waals surface area (Å²) >= 11 is 1.66. The molecule has 0 spiro atoms. The molecule has 2 aliphatic carbocycles. The van der Waals surface area contributed by atoms with Gasteiger partial charge >= 0.3 is 0 Å². The molecule has 8 heteroatoms. The van der Waals surface area contributed by atoms with Gasteiger partial charge in [-0.05, 0) is 78.2 Å². The highest BCUT2D eigenvalue weighted by molar-refractivity contribution is 7.85. The fraction of sp³-hybridized carbons (Fsp3) is 0.654. The third kappa shape index (κ3) is 5.51. The van der Waals surface area contributed by atoms with E-state index < -0.39 is 18.4 Å². The molecule has 2 aromatic rings. The fourth-order valence-corrected chi connectivity index (χ4v) is 7.36. The van der Waals surface area contributed by atoms with E-state index in [-0.39, 0.29) is 17.7 Å². The molecular formula is C26H39NO4S2Si. The Labute approximate surface area is 210 Å². The molecule has 0 bridgehead atoms. The van der Waals surface area contributed by atoms with Crippen molar-refractivity contribution in [1.82, 2.24) is 4.98 Å². The van der Waals surface area contributed by atoms with Crippen LogP contribution in [-0.2, 0) is 31.8 Å². The Balaban J connectivity index is 1.92. The van der Waals surface area contributed by atoms with E-state index >= 15 is 0 Å². The van der Waals surface area contributed by atoms with Crippen molar-refractivity contribution in [2.24, 2.45) is 0 Å². The number of thiophene rings is 1. The van der Waals surface area contributed by atoms with Gasteiger partial charge in [0, 0.05) is 28.4 Å². The monoisotopic (exact) mass is 521 g/mol. The summed E-state index contributed by atoms with van der Waals surface area (Å²) in [5, 5.41) is 4.35. The second-order valence-electron chi connectivity index (χ2n) is 11.4. The summed E-state index contributed by atoms with van der Waals surface area (Å²) in [4.78, 5) is 5.27. The van der Waals surface area contributed by atoms with Gasteiger partial charge in [0.2, 0.25) is 0 Å². The molecule has 0 saturated heterocycles. The molecule has 1 saturated carbocycles. The van der Waals surface area contributed by atoms with Crippen molar-refractivity contribution in [2.45, 2.75) is 102 Å². The molecule has 0 aliphatic heterocycles. The van der Waals surface area contributed by atoms with Crippen LogP contribution in [0.2, 0.25) is 18.1 Å². The number of aryl methyl sites for hydroxylation is 1. The first kappa shape index (κ1) is 26.0. The van der Waals surface area contributed by atoms with Crippen LogP contribution < -0.4 is 0 Å². The Bertz CT molecular complexity index is 1110. The topological polar surface area (TPSA) is 65.5 Å². The molecule has 1 fully saturated rings. The lowest BCUT2D eigenvalue weighted by Crippen LogP contribution is -2.42. The zero-order valence-corrected chi connectivity index (χ0v) is 24.1. The van der Waals surface area contributed by atoms with Gasteiger partial charge in [0.15, 0.2) is 8.32 Å². The fourth-order valence-electron chi connectivity index (χ4n) is 5.08. The molecule has 34 heavy (non-hydrogen) atoms. The molecule has 5 nitrogen and oxygen atoms in total. The van der Waals surface area contributed by atoms with Crippen molar-refractivity contribution in [3.8, 4) is 11.1 Å². The van der Waals surface area contributed by atoms with Gasteiger partial charge in [0.1, 0.15) is 0 Å². The molecular weight excluding hydrogens is 483 g/mol. The van der Waals surface area contributed by atoms with E-state index in [1.54, 1.807) is 11.3 Å². The molecule has 1 unspecified atom stereocenters. The maximum atomic E-state index is 12.0. The van der Waals surface area contributed by atoms with E-state index in [4.69, 9.17) is 13.6 Å². The Hall–Kier alpha value is -1.06. The van der Waals surface area contributed by atoms with Gasteiger partial charge in [-0.3, -0.25) is 9.17 Å². The first-order chi connectivity index (χ1) is 15.9. The SMILES string of the molecule is CC(C)(C)[Si](C)(C)OC1CCCc2nc(C3CCCC3)c(COS(C)(=O)=O)c(-c3ccsc3)c21. The van der Waals surface area contributed by atoms with Crippen LogP contribution in [0.5, 0.6) is 0 Å². The number of rotatable bonds is 7. The summed E-state index contributed by atoms with van der Waals surface area (Å²) < 4.78 is 36.5. The third-order valence-corrected chi connectivity index (χ3v) is 13.6. The van der Waals surface area contributed by atoms with Gasteiger partial charge in [-0.15, -0.1) is 0 Å². The van der Waals surface area contributed by atoms with Crippen LogP contribution in [-0.4, -0.2) is 28.0 Å². The maximum Gasteiger partial charge on any atom is 0.264 e. The number of pyridine rings is 1. The van der Waals surface area contributed by atoms with Gasteiger partial charge in [-0.25, -0.2) is 0 Å². The van der Waals surface area contributed by atoms with Gasteiger partial charge in [-0.1, -0.05) is 33.6 Å². The standard InChI is InChI=1S/C26H39NO4S2Si/c1-26(2,3)34(5,6)31-22-13-9-12-21-24(22)23(19-14-15-32-17-19)20(16-30-33(4,28)29)25(27-21)18-10-7-8-11-18/h14-15,17-18,22H,7-13,16H2,1-6H3. The lowest BCUT2D eigenvalue weighted by atomic mass is 9.83. The molecule has 2 aromatic heterocycles. The minimum atomic E-state index is -3.58. The second kappa shape index (κ2) is 9.77. The van der Waals surface area contributed by atoms with Crippen LogP contribution in [0.4, 0.5) is 0 Å². The average molecular weight is 522 g/mol. The van der Waals surface area contributed by atoms with Crippen molar-refractivity contribution in [2.75, 3.05) is 6.26 Å². The summed E-state index contributed by atoms with van der Waals surface area (Å²) in [6.45, 7) is 11.5. The Kier molecular flexibility index (Phi) is 7.47. The van der Waals surface area contributed by atoms with Gasteiger partial charge < -0.3 is 4.43 Å². The van der Waals surface area contributed by atoms with Crippen LogP contribution in [0.1, 0.15) is 93.8 Å². The minimum absolute atomic E-state index is 0.0262. The van der Waals surface area contributed by atoms with E-state index in [0.717, 1.165) is 66.4 Å². The van der Waals surface area contributed by atoms with Crippen molar-refractivity contribution >= 4 is 29.8 Å². The van der Waals surface area contributed by atoms with Crippen LogP contribution in [0.25, 0.3) is 11.1 Å². The largest absolute Gasteiger partial charge is 0.410 e. The summed E-state index contributed by atoms with van der Waals surface area (Å²) in [6.07, 6.45) is 8.66. The summed E-state index contributed by atoms with van der Waals surface area (Å²) in [7, 11) is -5.61. The van der Waals surface area contributed by atoms with Crippen LogP contribution >= 0.6 is 11.3 Å². The van der Waals surface area contributed by atoms with Gasteiger partial charge in [-0.2, -0.15) is 19.8 Å². The third-order valence-electron chi connectivity index (χ3n) is 7.86. The smallest absolute Gasteiger partial charge is 0.264 e. The predicted octanol–water partition coefficient (Wildman–Crippen LogP) is 7.34. The molecule has 0 N–H and O–H groups in total. The second-order valence-corrected chi connectivity index (χ2v) is 18.6. The first-order valence-corrected chi connectivity index (χ1v) is 18.1. The summed E-state index contributed by atoms with van der Waals surface area (Å²) in [5.74, 6) is 0.363. The van der Waals surface area contributed by atoms with Gasteiger partial charge in [0.25, 0.3) is 10.1 Å². The van der Waals surface area contributed by atoms with E-state index in [9.17, 15) is 8.42 Å². The first-order valence-electron chi connectivity index (χ1n) is 12.5. The van der Waals surface area contributed by atoms with Crippen molar-refractivity contribution in [3.05, 3.63) is 39.3 Å². The quantitative estimate of drug-likeness (QED) is 0.282. The number of hydrogen-bond acceptors (Lipinski definition) is 6. The lowest BCUT2D eigenvalue weighted by Gasteiger charge is -2.41. The van der Waals surface area contributed by atoms with Crippen LogP contribution in [0.15, 0.2) is 16.8 Å². The molecule has 2 aliphatic rings. The normalized spacial score (nSPS) is 20.0. The predicted molar refractivity (Wildman–Crippen MR) is 142 cm³/mol. The molecule has 188 valence electrons. The Morgan fingerprint density at radius 3 is 2.44 bits per heavy atom. The molecule has 1 atom stereocenters. The van der Waals surface area contributed by atoms with Gasteiger partial charge in [0.05, 0.1) is 19.0 Å². The Morgan fingerprint density at radius 2 is 1.85 bits per heavy atom. The van der Waals surface area contributed by atoms with Crippen LogP contribution in [0, 0.1) is 0 Å². The van der Waals surface area contributed by atoms with E-state index in [2.05, 4.69) is 50.7 Å². The number of hydrogen-bond donors (Lipinski definition) is 0. The van der Waals surface area contributed by atoms with Crippen molar-refractivity contribution < 1.29 is 17.0 Å². The minimum Gasteiger partial charge on any atom is -0.410 e. The zero-order chi connectivity index (χ0) is 24.7. The number of fused-ring (bicyclic) bond motifs is 1. The highest BCUT2D eigenvalue weighted by Gasteiger charge is 2.42. The average Bonchev–Trinajstić information content (AvgIpc) is 3.44. The van der Waals surface area contributed by atoms with E-state index in [0.29, 0.717) is 5.92 Å². The lowest BCUT2D eigenvalue weighted by molar-refractivity contribution is 0.162. The molecule has 2 heterocycles. The van der Waals surface area contributed by atoms with E-state index in [1.165, 1.54) is 18.4 Å². The Morgan fingerprint density at radius 1 is 1.15 bits per heavy atom.